The summed E-state index contributed by atoms with van der Waals surface area (Å²) in [4.78, 5) is 9.63. The van der Waals surface area contributed by atoms with Crippen molar-refractivity contribution < 1.29 is 4.74 Å². The number of para-hydroxylation sites is 2. The number of ether oxygens (including phenoxy) is 1. The van der Waals surface area contributed by atoms with Gasteiger partial charge < -0.3 is 14.2 Å². The van der Waals surface area contributed by atoms with Crippen molar-refractivity contribution in [2.45, 2.75) is 19.4 Å². The fourth-order valence-corrected chi connectivity index (χ4v) is 3.46. The third-order valence-electron chi connectivity index (χ3n) is 4.49. The first-order chi connectivity index (χ1) is 11.1. The molecule has 0 aliphatic carbocycles. The normalized spacial score (nSPS) is 17.2. The van der Waals surface area contributed by atoms with E-state index in [1.54, 1.807) is 0 Å². The number of likely N-dealkylation sites (N-methyl/N-ethyl adjacent to an activating group) is 1. The molecular formula is C18H29ClN4O. The minimum atomic E-state index is 0. The SMILES string of the molecule is CC(CN(C)C)n1c(CCN2CCOCC2)nc2ccccc21.Cl. The van der Waals surface area contributed by atoms with Gasteiger partial charge in [-0.15, -0.1) is 12.4 Å². The van der Waals surface area contributed by atoms with Gasteiger partial charge in [0.25, 0.3) is 0 Å². The van der Waals surface area contributed by atoms with Gasteiger partial charge in [0.1, 0.15) is 5.82 Å². The number of fused-ring (bicyclic) bond motifs is 1. The zero-order valence-corrected chi connectivity index (χ0v) is 15.8. The van der Waals surface area contributed by atoms with E-state index in [0.29, 0.717) is 6.04 Å². The van der Waals surface area contributed by atoms with Crippen LogP contribution in [-0.2, 0) is 11.2 Å². The van der Waals surface area contributed by atoms with Crippen molar-refractivity contribution in [3.8, 4) is 0 Å². The Morgan fingerprint density at radius 2 is 1.92 bits per heavy atom. The average Bonchev–Trinajstić information content (AvgIpc) is 2.91. The van der Waals surface area contributed by atoms with E-state index in [1.165, 1.54) is 11.3 Å². The molecule has 5 nitrogen and oxygen atoms in total. The van der Waals surface area contributed by atoms with Crippen LogP contribution in [0.4, 0.5) is 0 Å². The summed E-state index contributed by atoms with van der Waals surface area (Å²) in [6, 6.07) is 8.90. The van der Waals surface area contributed by atoms with Gasteiger partial charge in [0.15, 0.2) is 0 Å². The molecular weight excluding hydrogens is 324 g/mol. The number of hydrogen-bond donors (Lipinski definition) is 0. The van der Waals surface area contributed by atoms with Crippen LogP contribution in [0.15, 0.2) is 24.3 Å². The van der Waals surface area contributed by atoms with Crippen molar-refractivity contribution >= 4 is 23.4 Å². The van der Waals surface area contributed by atoms with E-state index in [9.17, 15) is 0 Å². The average molecular weight is 353 g/mol. The first-order valence-electron chi connectivity index (χ1n) is 8.56. The van der Waals surface area contributed by atoms with Gasteiger partial charge in [-0.3, -0.25) is 4.90 Å². The van der Waals surface area contributed by atoms with Gasteiger partial charge >= 0.3 is 0 Å². The molecule has 1 unspecified atom stereocenters. The summed E-state index contributed by atoms with van der Waals surface area (Å²) in [5, 5.41) is 0. The van der Waals surface area contributed by atoms with Crippen LogP contribution in [0.25, 0.3) is 11.0 Å². The predicted molar refractivity (Wildman–Crippen MR) is 101 cm³/mol. The maximum Gasteiger partial charge on any atom is 0.111 e. The van der Waals surface area contributed by atoms with Crippen molar-refractivity contribution in [2.75, 3.05) is 53.5 Å². The molecule has 24 heavy (non-hydrogen) atoms. The Kier molecular flexibility index (Phi) is 7.04. The van der Waals surface area contributed by atoms with Gasteiger partial charge in [0, 0.05) is 38.6 Å². The Balaban J connectivity index is 0.00000208. The van der Waals surface area contributed by atoms with Crippen molar-refractivity contribution in [3.05, 3.63) is 30.1 Å². The number of halogens is 1. The van der Waals surface area contributed by atoms with Crippen LogP contribution >= 0.6 is 12.4 Å². The van der Waals surface area contributed by atoms with Gasteiger partial charge in [0.05, 0.1) is 24.2 Å². The van der Waals surface area contributed by atoms with Crippen LogP contribution in [0.5, 0.6) is 0 Å². The van der Waals surface area contributed by atoms with Gasteiger partial charge in [-0.25, -0.2) is 4.98 Å². The summed E-state index contributed by atoms with van der Waals surface area (Å²) < 4.78 is 7.86. The summed E-state index contributed by atoms with van der Waals surface area (Å²) in [7, 11) is 4.26. The molecule has 0 amide bonds. The molecule has 0 saturated carbocycles. The summed E-state index contributed by atoms with van der Waals surface area (Å²) in [6.45, 7) is 8.14. The molecule has 134 valence electrons. The van der Waals surface area contributed by atoms with E-state index in [0.717, 1.165) is 51.3 Å². The molecule has 2 aromatic rings. The number of rotatable bonds is 6. The van der Waals surface area contributed by atoms with Gasteiger partial charge in [-0.2, -0.15) is 0 Å². The topological polar surface area (TPSA) is 33.5 Å². The van der Waals surface area contributed by atoms with Crippen molar-refractivity contribution in [2.24, 2.45) is 0 Å². The number of morpholine rings is 1. The second-order valence-electron chi connectivity index (χ2n) is 6.70. The molecule has 0 spiro atoms. The first kappa shape index (κ1) is 19.2. The lowest BCUT2D eigenvalue weighted by Gasteiger charge is -2.27. The number of hydrogen-bond acceptors (Lipinski definition) is 4. The van der Waals surface area contributed by atoms with Crippen LogP contribution in [0.2, 0.25) is 0 Å². The fraction of sp³-hybridized carbons (Fsp3) is 0.611. The Hall–Kier alpha value is -1.14. The zero-order valence-electron chi connectivity index (χ0n) is 14.9. The molecule has 1 fully saturated rings. The molecule has 2 heterocycles. The monoisotopic (exact) mass is 352 g/mol. The van der Waals surface area contributed by atoms with Crippen LogP contribution in [-0.4, -0.2) is 72.8 Å². The molecule has 1 aliphatic rings. The van der Waals surface area contributed by atoms with E-state index in [-0.39, 0.29) is 12.4 Å². The lowest BCUT2D eigenvalue weighted by Crippen LogP contribution is -2.37. The highest BCUT2D eigenvalue weighted by Gasteiger charge is 2.18. The molecule has 1 saturated heterocycles. The second-order valence-corrected chi connectivity index (χ2v) is 6.70. The van der Waals surface area contributed by atoms with E-state index in [2.05, 4.69) is 59.7 Å². The van der Waals surface area contributed by atoms with Crippen molar-refractivity contribution in [1.82, 2.24) is 19.4 Å². The zero-order chi connectivity index (χ0) is 16.2. The largest absolute Gasteiger partial charge is 0.379 e. The lowest BCUT2D eigenvalue weighted by atomic mass is 10.2. The fourth-order valence-electron chi connectivity index (χ4n) is 3.46. The van der Waals surface area contributed by atoms with E-state index in [4.69, 9.17) is 9.72 Å². The summed E-state index contributed by atoms with van der Waals surface area (Å²) >= 11 is 0. The van der Waals surface area contributed by atoms with Crippen LogP contribution < -0.4 is 0 Å². The Morgan fingerprint density at radius 3 is 2.62 bits per heavy atom. The van der Waals surface area contributed by atoms with Gasteiger partial charge in [-0.1, -0.05) is 12.1 Å². The van der Waals surface area contributed by atoms with E-state index in [1.807, 2.05) is 0 Å². The van der Waals surface area contributed by atoms with Gasteiger partial charge in [0.2, 0.25) is 0 Å². The molecule has 6 heteroatoms. The number of aromatic nitrogens is 2. The molecule has 0 bridgehead atoms. The highest BCUT2D eigenvalue weighted by molar-refractivity contribution is 5.85. The minimum absolute atomic E-state index is 0. The molecule has 1 atom stereocenters. The molecule has 3 rings (SSSR count). The standard InChI is InChI=1S/C18H28N4O.ClH/c1-15(14-20(2)3)22-17-7-5-4-6-16(17)19-18(22)8-9-21-10-12-23-13-11-21;/h4-7,15H,8-14H2,1-3H3;1H. The van der Waals surface area contributed by atoms with Crippen molar-refractivity contribution in [1.29, 1.82) is 0 Å². The van der Waals surface area contributed by atoms with E-state index < -0.39 is 0 Å². The van der Waals surface area contributed by atoms with E-state index >= 15 is 0 Å². The Morgan fingerprint density at radius 1 is 1.21 bits per heavy atom. The predicted octanol–water partition coefficient (Wildman–Crippen LogP) is 2.46. The highest BCUT2D eigenvalue weighted by Crippen LogP contribution is 2.22. The third kappa shape index (κ3) is 4.48. The molecule has 1 aromatic carbocycles. The third-order valence-corrected chi connectivity index (χ3v) is 4.49. The molecule has 0 N–H and O–H groups in total. The minimum Gasteiger partial charge on any atom is -0.379 e. The van der Waals surface area contributed by atoms with Crippen molar-refractivity contribution in [3.63, 3.8) is 0 Å². The molecule has 0 radical (unpaired) electrons. The summed E-state index contributed by atoms with van der Waals surface area (Å²) in [5.74, 6) is 1.20. The smallest absolute Gasteiger partial charge is 0.111 e. The maximum atomic E-state index is 5.44. The van der Waals surface area contributed by atoms with Crippen LogP contribution in [0.3, 0.4) is 0 Å². The summed E-state index contributed by atoms with van der Waals surface area (Å²) in [6.07, 6.45) is 0.993. The molecule has 1 aromatic heterocycles. The number of imidazole rings is 1. The first-order valence-corrected chi connectivity index (χ1v) is 8.56. The quantitative estimate of drug-likeness (QED) is 0.799. The maximum absolute atomic E-state index is 5.44. The Bertz CT molecular complexity index is 637. The second kappa shape index (κ2) is 8.81. The van der Waals surface area contributed by atoms with Crippen LogP contribution in [0, 0.1) is 0 Å². The molecule has 1 aliphatic heterocycles. The highest BCUT2D eigenvalue weighted by atomic mass is 35.5. The Labute approximate surface area is 151 Å². The van der Waals surface area contributed by atoms with Gasteiger partial charge in [-0.05, 0) is 33.2 Å². The lowest BCUT2D eigenvalue weighted by molar-refractivity contribution is 0.0381. The summed E-state index contributed by atoms with van der Waals surface area (Å²) in [5.41, 5.74) is 2.36. The number of nitrogens with zero attached hydrogens (tertiary/aromatic N) is 4. The van der Waals surface area contributed by atoms with Crippen LogP contribution in [0.1, 0.15) is 18.8 Å². The number of benzene rings is 1.